The minimum absolute atomic E-state index is 0.955. The highest BCUT2D eigenvalue weighted by Gasteiger charge is 2.17. The molecule has 25 heavy (non-hydrogen) atoms. The zero-order valence-corrected chi connectivity index (χ0v) is 14.3. The first-order chi connectivity index (χ1) is 12.4. The topological polar surface area (TPSA) is 32.3 Å². The van der Waals surface area contributed by atoms with Gasteiger partial charge in [0.25, 0.3) is 0 Å². The van der Waals surface area contributed by atoms with Crippen LogP contribution in [0.4, 0.5) is 5.82 Å². The van der Waals surface area contributed by atoms with Crippen molar-refractivity contribution in [2.75, 3.05) is 37.6 Å². The fourth-order valence-electron chi connectivity index (χ4n) is 3.16. The van der Waals surface area contributed by atoms with Crippen molar-refractivity contribution >= 4 is 22.9 Å². The summed E-state index contributed by atoms with van der Waals surface area (Å²) in [6, 6.07) is 18.5. The van der Waals surface area contributed by atoms with Crippen LogP contribution in [0.5, 0.6) is 0 Å². The molecule has 0 atom stereocenters. The molecular weight excluding hydrogens is 308 g/mol. The normalized spacial score (nSPS) is 15.9. The number of fused-ring (bicyclic) bond motifs is 1. The van der Waals surface area contributed by atoms with E-state index < -0.39 is 0 Å². The Kier molecular flexibility index (Phi) is 4.70. The van der Waals surface area contributed by atoms with Gasteiger partial charge in [-0.3, -0.25) is 9.88 Å². The van der Waals surface area contributed by atoms with Gasteiger partial charge in [0.1, 0.15) is 5.82 Å². The number of para-hydroxylation sites is 2. The number of piperazine rings is 1. The van der Waals surface area contributed by atoms with Crippen molar-refractivity contribution in [2.45, 2.75) is 0 Å². The maximum absolute atomic E-state index is 4.76. The number of benzene rings is 2. The molecule has 3 aromatic rings. The van der Waals surface area contributed by atoms with Crippen LogP contribution in [0.3, 0.4) is 0 Å². The second-order valence-corrected chi connectivity index (χ2v) is 6.32. The highest BCUT2D eigenvalue weighted by molar-refractivity contribution is 5.75. The Balaban J connectivity index is 1.33. The second-order valence-electron chi connectivity index (χ2n) is 6.32. The van der Waals surface area contributed by atoms with E-state index in [0.717, 1.165) is 49.6 Å². The molecule has 0 N–H and O–H groups in total. The van der Waals surface area contributed by atoms with E-state index in [0.29, 0.717) is 0 Å². The lowest BCUT2D eigenvalue weighted by Gasteiger charge is -2.34. The summed E-state index contributed by atoms with van der Waals surface area (Å²) in [5.74, 6) is 0.984. The molecule has 0 bridgehead atoms. The molecule has 2 heterocycles. The van der Waals surface area contributed by atoms with Crippen molar-refractivity contribution in [1.29, 1.82) is 0 Å². The van der Waals surface area contributed by atoms with Crippen molar-refractivity contribution < 1.29 is 0 Å². The lowest BCUT2D eigenvalue weighted by atomic mass is 10.2. The molecule has 0 unspecified atom stereocenters. The fraction of sp³-hybridized carbons (Fsp3) is 0.238. The van der Waals surface area contributed by atoms with Gasteiger partial charge >= 0.3 is 0 Å². The van der Waals surface area contributed by atoms with E-state index in [9.17, 15) is 0 Å². The number of nitrogens with zero attached hydrogens (tertiary/aromatic N) is 4. The molecule has 4 nitrogen and oxygen atoms in total. The van der Waals surface area contributed by atoms with Crippen LogP contribution in [0.1, 0.15) is 5.56 Å². The average Bonchev–Trinajstić information content (AvgIpc) is 2.69. The summed E-state index contributed by atoms with van der Waals surface area (Å²) in [5, 5.41) is 0. The van der Waals surface area contributed by atoms with Crippen LogP contribution in [-0.2, 0) is 0 Å². The Labute approximate surface area is 148 Å². The van der Waals surface area contributed by atoms with E-state index >= 15 is 0 Å². The summed E-state index contributed by atoms with van der Waals surface area (Å²) >= 11 is 0. The van der Waals surface area contributed by atoms with E-state index in [2.05, 4.69) is 51.2 Å². The fourth-order valence-corrected chi connectivity index (χ4v) is 3.16. The predicted octanol–water partition coefficient (Wildman–Crippen LogP) is 3.47. The highest BCUT2D eigenvalue weighted by Crippen LogP contribution is 2.17. The Morgan fingerprint density at radius 1 is 0.840 bits per heavy atom. The Bertz CT molecular complexity index is 852. The molecule has 0 radical (unpaired) electrons. The molecule has 2 aromatic carbocycles. The molecule has 0 amide bonds. The van der Waals surface area contributed by atoms with Crippen molar-refractivity contribution in [3.8, 4) is 0 Å². The first-order valence-electron chi connectivity index (χ1n) is 8.79. The molecule has 126 valence electrons. The third-order valence-corrected chi connectivity index (χ3v) is 4.61. The van der Waals surface area contributed by atoms with E-state index in [4.69, 9.17) is 4.98 Å². The van der Waals surface area contributed by atoms with E-state index in [1.165, 1.54) is 5.56 Å². The van der Waals surface area contributed by atoms with Crippen LogP contribution in [-0.4, -0.2) is 47.6 Å². The molecule has 1 aliphatic heterocycles. The van der Waals surface area contributed by atoms with Crippen LogP contribution in [0.2, 0.25) is 0 Å². The molecule has 0 aliphatic carbocycles. The molecular formula is C21H22N4. The van der Waals surface area contributed by atoms with Gasteiger partial charge < -0.3 is 4.90 Å². The second kappa shape index (κ2) is 7.45. The largest absolute Gasteiger partial charge is 0.353 e. The smallest absolute Gasteiger partial charge is 0.147 e. The zero-order chi connectivity index (χ0) is 16.9. The van der Waals surface area contributed by atoms with Gasteiger partial charge in [-0.25, -0.2) is 4.98 Å². The molecule has 4 rings (SSSR count). The van der Waals surface area contributed by atoms with E-state index in [1.807, 2.05) is 36.5 Å². The van der Waals surface area contributed by atoms with Gasteiger partial charge in [-0.2, -0.15) is 0 Å². The molecule has 4 heteroatoms. The van der Waals surface area contributed by atoms with Gasteiger partial charge in [0.05, 0.1) is 17.2 Å². The summed E-state index contributed by atoms with van der Waals surface area (Å²) in [6.07, 6.45) is 6.34. The molecule has 0 saturated carbocycles. The SMILES string of the molecule is C(=C\c1ccccc1)/CN1CCN(c2cnc3ccccc3n2)CC1. The first-order valence-corrected chi connectivity index (χ1v) is 8.79. The molecule has 1 aliphatic rings. The van der Waals surface area contributed by atoms with Gasteiger partial charge in [0, 0.05) is 32.7 Å². The molecule has 1 aromatic heterocycles. The Hall–Kier alpha value is -2.72. The van der Waals surface area contributed by atoms with Crippen LogP contribution < -0.4 is 4.90 Å². The Morgan fingerprint density at radius 2 is 1.56 bits per heavy atom. The van der Waals surface area contributed by atoms with Crippen molar-refractivity contribution in [3.05, 3.63) is 72.4 Å². The number of rotatable bonds is 4. The molecule has 0 spiro atoms. The number of hydrogen-bond donors (Lipinski definition) is 0. The number of anilines is 1. The molecule has 1 saturated heterocycles. The van der Waals surface area contributed by atoms with Gasteiger partial charge in [0.15, 0.2) is 0 Å². The maximum Gasteiger partial charge on any atom is 0.147 e. The first kappa shape index (κ1) is 15.8. The zero-order valence-electron chi connectivity index (χ0n) is 14.3. The summed E-state index contributed by atoms with van der Waals surface area (Å²) in [5.41, 5.74) is 3.18. The summed E-state index contributed by atoms with van der Waals surface area (Å²) in [7, 11) is 0. The van der Waals surface area contributed by atoms with Gasteiger partial charge in [0.2, 0.25) is 0 Å². The Morgan fingerprint density at radius 3 is 2.36 bits per heavy atom. The quantitative estimate of drug-likeness (QED) is 0.733. The number of hydrogen-bond acceptors (Lipinski definition) is 4. The highest BCUT2D eigenvalue weighted by atomic mass is 15.3. The van der Waals surface area contributed by atoms with Crippen LogP contribution in [0, 0.1) is 0 Å². The van der Waals surface area contributed by atoms with E-state index in [1.54, 1.807) is 0 Å². The lowest BCUT2D eigenvalue weighted by Crippen LogP contribution is -2.46. The summed E-state index contributed by atoms with van der Waals surface area (Å²) < 4.78 is 0. The van der Waals surface area contributed by atoms with Gasteiger partial charge in [-0.15, -0.1) is 0 Å². The van der Waals surface area contributed by atoms with Crippen LogP contribution in [0.25, 0.3) is 17.1 Å². The predicted molar refractivity (Wildman–Crippen MR) is 104 cm³/mol. The standard InChI is InChI=1S/C21H22N4/c1-2-7-18(8-3-1)9-6-12-24-13-15-25(16-14-24)21-17-22-19-10-4-5-11-20(19)23-21/h1-11,17H,12-16H2/b9-6+. The minimum atomic E-state index is 0.955. The minimum Gasteiger partial charge on any atom is -0.353 e. The molecule has 1 fully saturated rings. The third kappa shape index (κ3) is 3.86. The monoisotopic (exact) mass is 330 g/mol. The van der Waals surface area contributed by atoms with Gasteiger partial charge in [-0.05, 0) is 17.7 Å². The summed E-state index contributed by atoms with van der Waals surface area (Å²) in [6.45, 7) is 5.08. The van der Waals surface area contributed by atoms with Crippen molar-refractivity contribution in [1.82, 2.24) is 14.9 Å². The van der Waals surface area contributed by atoms with Crippen molar-refractivity contribution in [2.24, 2.45) is 0 Å². The van der Waals surface area contributed by atoms with E-state index in [-0.39, 0.29) is 0 Å². The average molecular weight is 330 g/mol. The van der Waals surface area contributed by atoms with Crippen LogP contribution >= 0.6 is 0 Å². The summed E-state index contributed by atoms with van der Waals surface area (Å²) in [4.78, 5) is 14.1. The number of aromatic nitrogens is 2. The third-order valence-electron chi connectivity index (χ3n) is 4.61. The van der Waals surface area contributed by atoms with Crippen LogP contribution in [0.15, 0.2) is 66.9 Å². The van der Waals surface area contributed by atoms with Gasteiger partial charge in [-0.1, -0.05) is 54.6 Å². The van der Waals surface area contributed by atoms with Crippen molar-refractivity contribution in [3.63, 3.8) is 0 Å². The maximum atomic E-state index is 4.76. The lowest BCUT2D eigenvalue weighted by molar-refractivity contribution is 0.283.